The molecule has 0 aliphatic carbocycles. The summed E-state index contributed by atoms with van der Waals surface area (Å²) in [5.74, 6) is -0.0872. The van der Waals surface area contributed by atoms with Crippen molar-refractivity contribution in [3.63, 3.8) is 0 Å². The van der Waals surface area contributed by atoms with Crippen LogP contribution < -0.4 is 0 Å². The minimum absolute atomic E-state index is 0.0715. The lowest BCUT2D eigenvalue weighted by Gasteiger charge is -2.19. The lowest BCUT2D eigenvalue weighted by Crippen LogP contribution is -2.31. The molecule has 0 aliphatic rings. The number of carbonyl (C=O) groups is 1. The van der Waals surface area contributed by atoms with Gasteiger partial charge in [0.25, 0.3) is 5.91 Å². The number of phenols is 1. The average Bonchev–Trinajstić information content (AvgIpc) is 2.29. The van der Waals surface area contributed by atoms with Gasteiger partial charge in [-0.25, -0.2) is 0 Å². The minimum atomic E-state index is -0.159. The first-order chi connectivity index (χ1) is 7.69. The summed E-state index contributed by atoms with van der Waals surface area (Å²) in [5, 5.41) is 17.7. The van der Waals surface area contributed by atoms with E-state index in [1.165, 1.54) is 12.1 Å². The quantitative estimate of drug-likeness (QED) is 0.837. The molecule has 0 atom stereocenters. The van der Waals surface area contributed by atoms with Gasteiger partial charge in [0.1, 0.15) is 5.75 Å². The van der Waals surface area contributed by atoms with Crippen molar-refractivity contribution >= 4 is 5.91 Å². The number of hydrogen-bond acceptors (Lipinski definition) is 3. The van der Waals surface area contributed by atoms with Crippen molar-refractivity contribution in [2.24, 2.45) is 0 Å². The van der Waals surface area contributed by atoms with Crippen LogP contribution in [-0.2, 0) is 0 Å². The molecule has 0 aromatic heterocycles. The van der Waals surface area contributed by atoms with Gasteiger partial charge in [-0.05, 0) is 25.1 Å². The first kappa shape index (κ1) is 12.1. The molecule has 1 aromatic rings. The zero-order chi connectivity index (χ0) is 12.0. The molecule has 0 radical (unpaired) electrons. The van der Waals surface area contributed by atoms with E-state index in [4.69, 9.17) is 5.26 Å². The molecule has 0 aliphatic heterocycles. The van der Waals surface area contributed by atoms with Crippen molar-refractivity contribution in [2.75, 3.05) is 13.1 Å². The third-order valence-corrected chi connectivity index (χ3v) is 2.26. The van der Waals surface area contributed by atoms with Gasteiger partial charge in [0.15, 0.2) is 0 Å². The van der Waals surface area contributed by atoms with Crippen LogP contribution in [0.5, 0.6) is 5.75 Å². The number of nitriles is 1. The Morgan fingerprint density at radius 1 is 1.56 bits per heavy atom. The van der Waals surface area contributed by atoms with Gasteiger partial charge < -0.3 is 10.0 Å². The maximum absolute atomic E-state index is 11.9. The molecule has 0 fully saturated rings. The van der Waals surface area contributed by atoms with E-state index in [0.29, 0.717) is 25.1 Å². The third kappa shape index (κ3) is 2.99. The fourth-order valence-corrected chi connectivity index (χ4v) is 1.41. The van der Waals surface area contributed by atoms with Crippen molar-refractivity contribution in [3.05, 3.63) is 29.8 Å². The van der Waals surface area contributed by atoms with E-state index in [1.54, 1.807) is 17.0 Å². The fourth-order valence-electron chi connectivity index (χ4n) is 1.41. The molecule has 4 nitrogen and oxygen atoms in total. The number of aromatic hydroxyl groups is 1. The summed E-state index contributed by atoms with van der Waals surface area (Å²) < 4.78 is 0. The molecule has 0 bridgehead atoms. The molecular weight excluding hydrogens is 204 g/mol. The van der Waals surface area contributed by atoms with Gasteiger partial charge in [0.05, 0.1) is 12.5 Å². The van der Waals surface area contributed by atoms with Crippen LogP contribution in [0.1, 0.15) is 23.7 Å². The number of phenolic OH excluding ortho intramolecular Hbond substituents is 1. The standard InChI is InChI=1S/C12H14N2O2/c1-2-14(8-4-7-13)12(16)10-5-3-6-11(15)9-10/h3,5-6,9,15H,2,4,8H2,1H3. The van der Waals surface area contributed by atoms with E-state index < -0.39 is 0 Å². The van der Waals surface area contributed by atoms with E-state index in [9.17, 15) is 9.90 Å². The van der Waals surface area contributed by atoms with Gasteiger partial charge in [0.2, 0.25) is 0 Å². The molecule has 4 heteroatoms. The highest BCUT2D eigenvalue weighted by Crippen LogP contribution is 2.13. The van der Waals surface area contributed by atoms with Crippen LogP contribution >= 0.6 is 0 Å². The second-order valence-electron chi connectivity index (χ2n) is 3.34. The third-order valence-electron chi connectivity index (χ3n) is 2.26. The largest absolute Gasteiger partial charge is 0.508 e. The Kier molecular flexibility index (Phi) is 4.34. The lowest BCUT2D eigenvalue weighted by molar-refractivity contribution is 0.0767. The lowest BCUT2D eigenvalue weighted by atomic mass is 10.2. The molecule has 84 valence electrons. The zero-order valence-corrected chi connectivity index (χ0v) is 9.18. The molecule has 1 aromatic carbocycles. The second-order valence-corrected chi connectivity index (χ2v) is 3.34. The topological polar surface area (TPSA) is 64.3 Å². The summed E-state index contributed by atoms with van der Waals surface area (Å²) in [6.07, 6.45) is 0.318. The van der Waals surface area contributed by atoms with Crippen LogP contribution in [0.4, 0.5) is 0 Å². The maximum Gasteiger partial charge on any atom is 0.254 e. The second kappa shape index (κ2) is 5.76. The molecule has 1 N–H and O–H groups in total. The highest BCUT2D eigenvalue weighted by Gasteiger charge is 2.13. The number of hydrogen-bond donors (Lipinski definition) is 1. The van der Waals surface area contributed by atoms with Crippen molar-refractivity contribution in [3.8, 4) is 11.8 Å². The molecule has 0 saturated carbocycles. The van der Waals surface area contributed by atoms with Gasteiger partial charge in [-0.15, -0.1) is 0 Å². The highest BCUT2D eigenvalue weighted by atomic mass is 16.3. The molecular formula is C12H14N2O2. The van der Waals surface area contributed by atoms with Crippen molar-refractivity contribution < 1.29 is 9.90 Å². The molecule has 0 saturated heterocycles. The Balaban J connectivity index is 2.79. The average molecular weight is 218 g/mol. The monoisotopic (exact) mass is 218 g/mol. The van der Waals surface area contributed by atoms with Gasteiger partial charge in [0, 0.05) is 18.7 Å². The summed E-state index contributed by atoms with van der Waals surface area (Å²) in [5.41, 5.74) is 0.444. The van der Waals surface area contributed by atoms with E-state index in [0.717, 1.165) is 0 Å². The Labute approximate surface area is 94.7 Å². The summed E-state index contributed by atoms with van der Waals surface area (Å²) in [6, 6.07) is 8.23. The Bertz CT molecular complexity index is 410. The van der Waals surface area contributed by atoms with Crippen LogP contribution in [0.15, 0.2) is 24.3 Å². The van der Waals surface area contributed by atoms with E-state index in [1.807, 2.05) is 13.0 Å². The first-order valence-corrected chi connectivity index (χ1v) is 5.14. The molecule has 1 amide bonds. The number of carbonyl (C=O) groups excluding carboxylic acids is 1. The van der Waals surface area contributed by atoms with Crippen molar-refractivity contribution in [1.82, 2.24) is 4.90 Å². The van der Waals surface area contributed by atoms with E-state index >= 15 is 0 Å². The van der Waals surface area contributed by atoms with Crippen LogP contribution in [0.3, 0.4) is 0 Å². The highest BCUT2D eigenvalue weighted by molar-refractivity contribution is 5.94. The minimum Gasteiger partial charge on any atom is -0.508 e. The van der Waals surface area contributed by atoms with Crippen LogP contribution in [0.25, 0.3) is 0 Å². The normalized spacial score (nSPS) is 9.50. The smallest absolute Gasteiger partial charge is 0.254 e. The number of nitrogens with zero attached hydrogens (tertiary/aromatic N) is 2. The number of amides is 1. The molecule has 0 spiro atoms. The van der Waals surface area contributed by atoms with Crippen LogP contribution in [0.2, 0.25) is 0 Å². The van der Waals surface area contributed by atoms with Gasteiger partial charge in [-0.1, -0.05) is 6.07 Å². The first-order valence-electron chi connectivity index (χ1n) is 5.14. The van der Waals surface area contributed by atoms with Gasteiger partial charge >= 0.3 is 0 Å². The Morgan fingerprint density at radius 2 is 2.31 bits per heavy atom. The Morgan fingerprint density at radius 3 is 2.88 bits per heavy atom. The number of benzene rings is 1. The summed E-state index contributed by atoms with van der Waals surface area (Å²) in [7, 11) is 0. The predicted molar refractivity (Wildman–Crippen MR) is 59.9 cm³/mol. The summed E-state index contributed by atoms with van der Waals surface area (Å²) in [4.78, 5) is 13.5. The van der Waals surface area contributed by atoms with Crippen molar-refractivity contribution in [2.45, 2.75) is 13.3 Å². The molecule has 1 rings (SSSR count). The van der Waals surface area contributed by atoms with E-state index in [-0.39, 0.29) is 11.7 Å². The van der Waals surface area contributed by atoms with Crippen LogP contribution in [-0.4, -0.2) is 29.0 Å². The summed E-state index contributed by atoms with van der Waals surface area (Å²) >= 11 is 0. The number of rotatable bonds is 4. The fraction of sp³-hybridized carbons (Fsp3) is 0.333. The molecule has 0 heterocycles. The zero-order valence-electron chi connectivity index (χ0n) is 9.18. The molecule has 16 heavy (non-hydrogen) atoms. The van der Waals surface area contributed by atoms with Crippen molar-refractivity contribution in [1.29, 1.82) is 5.26 Å². The summed E-state index contributed by atoms with van der Waals surface area (Å²) in [6.45, 7) is 2.83. The van der Waals surface area contributed by atoms with Crippen LogP contribution in [0, 0.1) is 11.3 Å². The maximum atomic E-state index is 11.9. The van der Waals surface area contributed by atoms with E-state index in [2.05, 4.69) is 0 Å². The predicted octanol–water partition coefficient (Wildman–Crippen LogP) is 1.77. The molecule has 0 unspecified atom stereocenters. The Hall–Kier alpha value is -2.02. The SMILES string of the molecule is CCN(CCC#N)C(=O)c1cccc(O)c1. The van der Waals surface area contributed by atoms with Gasteiger partial charge in [-0.2, -0.15) is 5.26 Å². The van der Waals surface area contributed by atoms with Gasteiger partial charge in [-0.3, -0.25) is 4.79 Å².